The second kappa shape index (κ2) is 5.40. The third-order valence-corrected chi connectivity index (χ3v) is 2.99. The average molecular weight is 363 g/mol. The number of hydrogen-bond acceptors (Lipinski definition) is 0. The Kier molecular flexibility index (Phi) is 3.16. The minimum Gasteiger partial charge on any atom is -0.0876 e. The lowest BCUT2D eigenvalue weighted by atomic mass is 10.1. The monoisotopic (exact) mass is 360 g/mol. The van der Waals surface area contributed by atoms with Gasteiger partial charge < -0.3 is 0 Å². The molecule has 0 saturated heterocycles. The summed E-state index contributed by atoms with van der Waals surface area (Å²) in [4.78, 5) is 0. The molecule has 0 aliphatic carbocycles. The van der Waals surface area contributed by atoms with Crippen LogP contribution in [0.5, 0.6) is 0 Å². The van der Waals surface area contributed by atoms with Crippen LogP contribution >= 0.6 is 47.8 Å². The molecule has 1 aromatic carbocycles. The minimum atomic E-state index is 0.295. The van der Waals surface area contributed by atoms with Crippen molar-refractivity contribution >= 4 is 47.8 Å². The molecule has 0 N–H and O–H groups in total. The lowest BCUT2D eigenvalue weighted by Gasteiger charge is -2.03. The molecule has 0 fully saturated rings. The lowest BCUT2D eigenvalue weighted by molar-refractivity contribution is 1.29. The SMILES string of the molecule is [3H]c1c(CBr)c([3H])c(CBr)c([3H])c1CBr. The van der Waals surface area contributed by atoms with E-state index in [0.29, 0.717) is 50.8 Å². The number of hydrogen-bond donors (Lipinski definition) is 0. The Hall–Kier alpha value is 0.660. The van der Waals surface area contributed by atoms with E-state index in [4.69, 9.17) is 4.11 Å². The fourth-order valence-corrected chi connectivity index (χ4v) is 1.68. The van der Waals surface area contributed by atoms with Gasteiger partial charge in [-0.1, -0.05) is 65.9 Å². The average Bonchev–Trinajstić information content (AvgIpc) is 2.19. The van der Waals surface area contributed by atoms with Crippen molar-refractivity contribution in [1.29, 1.82) is 0 Å². The van der Waals surface area contributed by atoms with Crippen LogP contribution in [0, 0.1) is 0 Å². The largest absolute Gasteiger partial charge is 0.0876 e. The van der Waals surface area contributed by atoms with E-state index in [-0.39, 0.29) is 0 Å². The van der Waals surface area contributed by atoms with E-state index in [1.54, 1.807) is 0 Å². The van der Waals surface area contributed by atoms with Gasteiger partial charge in [-0.2, -0.15) is 0 Å². The Morgan fingerprint density at radius 1 is 0.833 bits per heavy atom. The smallest absolute Gasteiger partial charge is 0.0629 e. The van der Waals surface area contributed by atoms with Gasteiger partial charge in [0.15, 0.2) is 0 Å². The van der Waals surface area contributed by atoms with Crippen LogP contribution in [0.4, 0.5) is 0 Å². The zero-order valence-electron chi connectivity index (χ0n) is 9.26. The van der Waals surface area contributed by atoms with Crippen LogP contribution in [-0.4, -0.2) is 0 Å². The van der Waals surface area contributed by atoms with Crippen molar-refractivity contribution in [3.8, 4) is 0 Å². The fourth-order valence-electron chi connectivity index (χ4n) is 0.841. The summed E-state index contributed by atoms with van der Waals surface area (Å²) in [5.74, 6) is 0. The van der Waals surface area contributed by atoms with Crippen molar-refractivity contribution in [2.75, 3.05) is 0 Å². The quantitative estimate of drug-likeness (QED) is 0.700. The number of rotatable bonds is 3. The highest BCUT2D eigenvalue weighted by Gasteiger charge is 1.98. The first kappa shape index (κ1) is 7.02. The van der Waals surface area contributed by atoms with Gasteiger partial charge >= 0.3 is 0 Å². The maximum Gasteiger partial charge on any atom is 0.0629 e. The molecule has 1 rings (SSSR count). The van der Waals surface area contributed by atoms with Gasteiger partial charge in [0.2, 0.25) is 0 Å². The Balaban J connectivity index is 3.57. The molecule has 12 heavy (non-hydrogen) atoms. The van der Waals surface area contributed by atoms with Crippen LogP contribution in [0.25, 0.3) is 0 Å². The van der Waals surface area contributed by atoms with E-state index < -0.39 is 0 Å². The van der Waals surface area contributed by atoms with Crippen molar-refractivity contribution in [3.05, 3.63) is 34.8 Å². The fraction of sp³-hybridized carbons (Fsp3) is 0.333. The molecule has 0 aliphatic heterocycles. The van der Waals surface area contributed by atoms with E-state index in [1.165, 1.54) is 0 Å². The van der Waals surface area contributed by atoms with Crippen LogP contribution in [0.2, 0.25) is 0 Å². The normalized spacial score (nSPS) is 13.8. The van der Waals surface area contributed by atoms with Gasteiger partial charge in [0.25, 0.3) is 0 Å². The van der Waals surface area contributed by atoms with Crippen LogP contribution in [0.3, 0.4) is 0 Å². The molecule has 0 atom stereocenters. The maximum atomic E-state index is 7.88. The summed E-state index contributed by atoms with van der Waals surface area (Å²) < 4.78 is 23.7. The van der Waals surface area contributed by atoms with E-state index in [2.05, 4.69) is 47.8 Å². The molecular weight excluding hydrogens is 348 g/mol. The van der Waals surface area contributed by atoms with Crippen molar-refractivity contribution in [1.82, 2.24) is 0 Å². The third-order valence-electron chi connectivity index (χ3n) is 1.31. The van der Waals surface area contributed by atoms with E-state index in [1.807, 2.05) is 0 Å². The Labute approximate surface area is 102 Å². The van der Waals surface area contributed by atoms with Crippen LogP contribution in [0.15, 0.2) is 18.1 Å². The summed E-state index contributed by atoms with van der Waals surface area (Å²) >= 11 is 9.84. The molecule has 3 heteroatoms. The van der Waals surface area contributed by atoms with Crippen molar-refractivity contribution in [3.63, 3.8) is 0 Å². The number of benzene rings is 1. The van der Waals surface area contributed by atoms with Crippen molar-refractivity contribution in [2.45, 2.75) is 16.0 Å². The van der Waals surface area contributed by atoms with Gasteiger partial charge in [-0.05, 0) is 16.7 Å². The standard InChI is InChI=1S/C9H9Br3/c10-4-7-1-8(5-11)3-9(2-7)6-12/h1-3H,4-6H2/i1T,2T,3T. The minimum absolute atomic E-state index is 0.295. The molecule has 0 unspecified atom stereocenters. The molecule has 0 spiro atoms. The second-order valence-electron chi connectivity index (χ2n) is 2.21. The molecule has 0 bridgehead atoms. The zero-order valence-corrected chi connectivity index (χ0v) is 11.0. The van der Waals surface area contributed by atoms with Crippen LogP contribution in [-0.2, 0) is 16.0 Å². The second-order valence-corrected chi connectivity index (χ2v) is 3.89. The molecule has 0 nitrogen and oxygen atoms in total. The van der Waals surface area contributed by atoms with E-state index in [0.717, 1.165) is 0 Å². The molecule has 0 radical (unpaired) electrons. The van der Waals surface area contributed by atoms with Gasteiger partial charge in [0.1, 0.15) is 0 Å². The predicted octanol–water partition coefficient (Wildman–Crippen LogP) is 4.37. The third kappa shape index (κ3) is 2.86. The molecule has 0 aromatic heterocycles. The summed E-state index contributed by atoms with van der Waals surface area (Å²) in [5, 5.41) is 1.43. The molecule has 1 aromatic rings. The number of halogens is 3. The first-order valence-electron chi connectivity index (χ1n) is 4.86. The van der Waals surface area contributed by atoms with Crippen LogP contribution in [0.1, 0.15) is 20.8 Å². The van der Waals surface area contributed by atoms with Crippen LogP contribution < -0.4 is 0 Å². The van der Waals surface area contributed by atoms with E-state index in [9.17, 15) is 0 Å². The molecule has 0 heterocycles. The molecule has 0 amide bonds. The number of alkyl halides is 3. The van der Waals surface area contributed by atoms with E-state index >= 15 is 0 Å². The topological polar surface area (TPSA) is 0 Å². The van der Waals surface area contributed by atoms with Gasteiger partial charge in [0, 0.05) is 16.0 Å². The Morgan fingerprint density at radius 3 is 1.25 bits per heavy atom. The first-order valence-corrected chi connectivity index (χ1v) is 6.73. The highest BCUT2D eigenvalue weighted by Crippen LogP contribution is 2.17. The van der Waals surface area contributed by atoms with Crippen molar-refractivity contribution in [2.24, 2.45) is 0 Å². The summed E-state index contributed by atoms with van der Waals surface area (Å²) in [7, 11) is 0. The lowest BCUT2D eigenvalue weighted by Crippen LogP contribution is -1.87. The zero-order chi connectivity index (χ0) is 11.6. The molecule has 0 aliphatic rings. The Morgan fingerprint density at radius 2 is 1.08 bits per heavy atom. The van der Waals surface area contributed by atoms with Gasteiger partial charge in [-0.3, -0.25) is 0 Å². The predicted molar refractivity (Wildman–Crippen MR) is 64.3 cm³/mol. The maximum absolute atomic E-state index is 7.88. The highest BCUT2D eigenvalue weighted by atomic mass is 79.9. The van der Waals surface area contributed by atoms with Gasteiger partial charge in [0.05, 0.1) is 4.11 Å². The van der Waals surface area contributed by atoms with Crippen molar-refractivity contribution < 1.29 is 4.11 Å². The summed E-state index contributed by atoms with van der Waals surface area (Å²) in [6.45, 7) is 0. The molecule has 0 saturated carbocycles. The van der Waals surface area contributed by atoms with Gasteiger partial charge in [-0.15, -0.1) is 0 Å². The van der Waals surface area contributed by atoms with Gasteiger partial charge in [-0.25, -0.2) is 0 Å². The Bertz CT molecular complexity index is 301. The summed E-state index contributed by atoms with van der Waals surface area (Å²) in [6, 6.07) is 0.885. The highest BCUT2D eigenvalue weighted by molar-refractivity contribution is 9.09. The first-order chi connectivity index (χ1) is 7.08. The molecule has 66 valence electrons. The summed E-state index contributed by atoms with van der Waals surface area (Å²) in [6.07, 6.45) is 0. The molecular formula is C9H9Br3. The summed E-state index contributed by atoms with van der Waals surface area (Å²) in [5.41, 5.74) is 1.94.